The van der Waals surface area contributed by atoms with Gasteiger partial charge in [0.2, 0.25) is 21.8 Å². The molecule has 2 amide bonds. The van der Waals surface area contributed by atoms with Gasteiger partial charge in [0, 0.05) is 29.6 Å². The van der Waals surface area contributed by atoms with Crippen LogP contribution in [0, 0.1) is 6.92 Å². The number of anilines is 1. The molecule has 0 unspecified atom stereocenters. The number of benzene rings is 3. The number of halogens is 2. The molecule has 0 aliphatic rings. The lowest BCUT2D eigenvalue weighted by Gasteiger charge is -2.34. The van der Waals surface area contributed by atoms with Gasteiger partial charge in [0.25, 0.3) is 0 Å². The fourth-order valence-electron chi connectivity index (χ4n) is 4.12. The van der Waals surface area contributed by atoms with E-state index in [0.717, 1.165) is 16.1 Å². The molecule has 0 fully saturated rings. The zero-order valence-corrected chi connectivity index (χ0v) is 23.9. The lowest BCUT2D eigenvalue weighted by atomic mass is 10.0. The highest BCUT2D eigenvalue weighted by molar-refractivity contribution is 7.92. The summed E-state index contributed by atoms with van der Waals surface area (Å²) in [6.45, 7) is 3.43. The maximum Gasteiger partial charge on any atom is 0.244 e. The molecule has 0 heterocycles. The van der Waals surface area contributed by atoms with Gasteiger partial charge in [0.05, 0.1) is 11.9 Å². The Morgan fingerprint density at radius 3 is 2.24 bits per heavy atom. The SMILES string of the molecule is CCNC(=O)[C@H](Cc1ccccc1)N(Cc1ccc(Cl)cc1Cl)C(=O)CN(c1ccccc1C)S(C)(=O)=O. The van der Waals surface area contributed by atoms with Crippen molar-refractivity contribution in [1.29, 1.82) is 0 Å². The molecule has 38 heavy (non-hydrogen) atoms. The molecule has 202 valence electrons. The Balaban J connectivity index is 2.08. The minimum atomic E-state index is -3.83. The van der Waals surface area contributed by atoms with Crippen LogP contribution in [-0.4, -0.2) is 50.5 Å². The topological polar surface area (TPSA) is 86.8 Å². The predicted molar refractivity (Wildman–Crippen MR) is 153 cm³/mol. The normalized spacial score (nSPS) is 12.0. The smallest absolute Gasteiger partial charge is 0.244 e. The summed E-state index contributed by atoms with van der Waals surface area (Å²) in [5, 5.41) is 3.59. The second-order valence-corrected chi connectivity index (χ2v) is 11.7. The third-order valence-corrected chi connectivity index (χ3v) is 7.75. The van der Waals surface area contributed by atoms with Crippen LogP contribution in [0.25, 0.3) is 0 Å². The Hall–Kier alpha value is -3.07. The number of carbonyl (C=O) groups excluding carboxylic acids is 2. The van der Waals surface area contributed by atoms with Crippen LogP contribution in [0.3, 0.4) is 0 Å². The lowest BCUT2D eigenvalue weighted by molar-refractivity contribution is -0.140. The van der Waals surface area contributed by atoms with Gasteiger partial charge in [-0.15, -0.1) is 0 Å². The molecule has 0 radical (unpaired) electrons. The number of hydrogen-bond acceptors (Lipinski definition) is 4. The van der Waals surface area contributed by atoms with E-state index < -0.39 is 28.5 Å². The van der Waals surface area contributed by atoms with Crippen molar-refractivity contribution in [2.75, 3.05) is 23.7 Å². The average Bonchev–Trinajstić information content (AvgIpc) is 2.86. The van der Waals surface area contributed by atoms with E-state index in [-0.39, 0.29) is 18.9 Å². The van der Waals surface area contributed by atoms with Crippen LogP contribution in [0.15, 0.2) is 72.8 Å². The lowest BCUT2D eigenvalue weighted by Crippen LogP contribution is -2.53. The van der Waals surface area contributed by atoms with Crippen molar-refractivity contribution in [3.8, 4) is 0 Å². The first-order chi connectivity index (χ1) is 18.0. The summed E-state index contributed by atoms with van der Waals surface area (Å²) in [6, 6.07) is 20.2. The molecule has 0 aromatic heterocycles. The molecule has 1 atom stereocenters. The van der Waals surface area contributed by atoms with Gasteiger partial charge in [-0.1, -0.05) is 77.8 Å². The van der Waals surface area contributed by atoms with Gasteiger partial charge in [-0.05, 0) is 48.7 Å². The molecule has 3 aromatic rings. The first-order valence-electron chi connectivity index (χ1n) is 12.1. The number of likely N-dealkylation sites (N-methyl/N-ethyl adjacent to an activating group) is 1. The van der Waals surface area contributed by atoms with E-state index >= 15 is 0 Å². The fraction of sp³-hybridized carbons (Fsp3) is 0.286. The van der Waals surface area contributed by atoms with E-state index in [1.165, 1.54) is 4.90 Å². The quantitative estimate of drug-likeness (QED) is 0.354. The number of nitrogens with zero attached hydrogens (tertiary/aromatic N) is 2. The van der Waals surface area contributed by atoms with Gasteiger partial charge in [0.1, 0.15) is 12.6 Å². The summed E-state index contributed by atoms with van der Waals surface area (Å²) < 4.78 is 26.7. The Morgan fingerprint density at radius 2 is 1.63 bits per heavy atom. The predicted octanol–water partition coefficient (Wildman–Crippen LogP) is 4.84. The number of aryl methyl sites for hydroxylation is 1. The Bertz CT molecular complexity index is 1380. The van der Waals surface area contributed by atoms with Crippen LogP contribution in [0.1, 0.15) is 23.6 Å². The molecule has 0 bridgehead atoms. The fourth-order valence-corrected chi connectivity index (χ4v) is 5.49. The minimum Gasteiger partial charge on any atom is -0.355 e. The summed E-state index contributed by atoms with van der Waals surface area (Å²) in [4.78, 5) is 28.7. The molecule has 7 nitrogen and oxygen atoms in total. The molecule has 0 aliphatic heterocycles. The van der Waals surface area contributed by atoms with Gasteiger partial charge >= 0.3 is 0 Å². The molecule has 0 saturated heterocycles. The molecule has 0 saturated carbocycles. The van der Waals surface area contributed by atoms with E-state index in [0.29, 0.717) is 33.4 Å². The maximum atomic E-state index is 14.0. The second-order valence-electron chi connectivity index (χ2n) is 8.91. The monoisotopic (exact) mass is 575 g/mol. The van der Waals surface area contributed by atoms with Crippen molar-refractivity contribution in [2.45, 2.75) is 32.9 Å². The summed E-state index contributed by atoms with van der Waals surface area (Å²) in [5.74, 6) is -0.895. The zero-order chi connectivity index (χ0) is 27.9. The first-order valence-corrected chi connectivity index (χ1v) is 14.7. The van der Waals surface area contributed by atoms with Crippen molar-refractivity contribution in [1.82, 2.24) is 10.2 Å². The summed E-state index contributed by atoms with van der Waals surface area (Å²) in [7, 11) is -3.83. The number of hydrogen-bond donors (Lipinski definition) is 1. The van der Waals surface area contributed by atoms with Crippen LogP contribution in [0.4, 0.5) is 5.69 Å². The third-order valence-electron chi connectivity index (χ3n) is 6.04. The van der Waals surface area contributed by atoms with E-state index in [2.05, 4.69) is 5.32 Å². The average molecular weight is 577 g/mol. The molecule has 0 aliphatic carbocycles. The number of carbonyl (C=O) groups is 2. The van der Waals surface area contributed by atoms with Crippen LogP contribution in [-0.2, 0) is 32.6 Å². The van der Waals surface area contributed by atoms with Crippen LogP contribution in [0.5, 0.6) is 0 Å². The Morgan fingerprint density at radius 1 is 0.974 bits per heavy atom. The van der Waals surface area contributed by atoms with Gasteiger partial charge < -0.3 is 10.2 Å². The zero-order valence-electron chi connectivity index (χ0n) is 21.5. The largest absolute Gasteiger partial charge is 0.355 e. The van der Waals surface area contributed by atoms with Gasteiger partial charge in [-0.25, -0.2) is 8.42 Å². The minimum absolute atomic E-state index is 0.0190. The van der Waals surface area contributed by atoms with Crippen LogP contribution >= 0.6 is 23.2 Å². The van der Waals surface area contributed by atoms with E-state index in [9.17, 15) is 18.0 Å². The van der Waals surface area contributed by atoms with Crippen molar-refractivity contribution in [2.24, 2.45) is 0 Å². The highest BCUT2D eigenvalue weighted by Crippen LogP contribution is 2.26. The highest BCUT2D eigenvalue weighted by atomic mass is 35.5. The first kappa shape index (κ1) is 29.5. The molecule has 3 rings (SSSR count). The second kappa shape index (κ2) is 13.1. The number of rotatable bonds is 11. The van der Waals surface area contributed by atoms with Gasteiger partial charge in [-0.3, -0.25) is 13.9 Å². The van der Waals surface area contributed by atoms with Crippen molar-refractivity contribution in [3.05, 3.63) is 99.5 Å². The summed E-state index contributed by atoms with van der Waals surface area (Å²) >= 11 is 12.5. The summed E-state index contributed by atoms with van der Waals surface area (Å²) in [5.41, 5.74) is 2.52. The molecular formula is C28H31Cl2N3O4S. The molecule has 3 aromatic carbocycles. The number of amides is 2. The standard InChI is InChI=1S/C28H31Cl2N3O4S/c1-4-31-28(35)26(16-21-11-6-5-7-12-21)32(18-22-14-15-23(29)17-24(22)30)27(34)19-33(38(3,36)37)25-13-9-8-10-20(25)2/h5-15,17,26H,4,16,18-19H2,1-3H3,(H,31,35)/t26-/m0/s1. The van der Waals surface area contributed by atoms with Crippen molar-refractivity contribution in [3.63, 3.8) is 0 Å². The Labute approximate surface area is 234 Å². The molecule has 10 heteroatoms. The van der Waals surface area contributed by atoms with Crippen molar-refractivity contribution >= 4 is 50.7 Å². The number of nitrogens with one attached hydrogen (secondary N) is 1. The maximum absolute atomic E-state index is 14.0. The number of sulfonamides is 1. The molecule has 1 N–H and O–H groups in total. The highest BCUT2D eigenvalue weighted by Gasteiger charge is 2.33. The van der Waals surface area contributed by atoms with E-state index in [1.807, 2.05) is 30.3 Å². The van der Waals surface area contributed by atoms with Gasteiger partial charge in [0.15, 0.2) is 0 Å². The van der Waals surface area contributed by atoms with E-state index in [4.69, 9.17) is 23.2 Å². The number of para-hydroxylation sites is 1. The Kier molecular flexibility index (Phi) is 10.2. The summed E-state index contributed by atoms with van der Waals surface area (Å²) in [6.07, 6.45) is 1.28. The third kappa shape index (κ3) is 7.72. The van der Waals surface area contributed by atoms with Crippen molar-refractivity contribution < 1.29 is 18.0 Å². The van der Waals surface area contributed by atoms with E-state index in [1.54, 1.807) is 56.3 Å². The molecular weight excluding hydrogens is 545 g/mol. The van der Waals surface area contributed by atoms with Crippen LogP contribution < -0.4 is 9.62 Å². The van der Waals surface area contributed by atoms with Crippen LogP contribution in [0.2, 0.25) is 10.0 Å². The van der Waals surface area contributed by atoms with Gasteiger partial charge in [-0.2, -0.15) is 0 Å². The molecule has 0 spiro atoms.